The van der Waals surface area contributed by atoms with Crippen molar-refractivity contribution in [3.05, 3.63) is 0 Å². The van der Waals surface area contributed by atoms with E-state index in [1.165, 1.54) is 0 Å². The van der Waals surface area contributed by atoms with Crippen LogP contribution in [0.3, 0.4) is 0 Å². The Kier molecular flexibility index (Phi) is 7.91. The number of rotatable bonds is 9. The van der Waals surface area contributed by atoms with E-state index in [9.17, 15) is 29.8 Å². The lowest BCUT2D eigenvalue weighted by Crippen LogP contribution is -2.51. The van der Waals surface area contributed by atoms with Gasteiger partial charge in [0.05, 0.1) is 13.2 Å². The van der Waals surface area contributed by atoms with Gasteiger partial charge in [0.2, 0.25) is 0 Å². The number of aliphatic hydroxyl groups is 6. The van der Waals surface area contributed by atoms with Gasteiger partial charge in [0, 0.05) is 0 Å². The highest BCUT2D eigenvalue weighted by molar-refractivity contribution is 7.46. The topological polar surface area (TPSA) is 205 Å². The molecule has 0 saturated heterocycles. The first-order valence-electron chi connectivity index (χ1n) is 5.26. The summed E-state index contributed by atoms with van der Waals surface area (Å²) in [6, 6.07) is 0. The summed E-state index contributed by atoms with van der Waals surface area (Å²) in [5.41, 5.74) is 0. The molecule has 5 atom stereocenters. The fraction of sp³-hybridized carbons (Fsp3) is 0.875. The standard InChI is InChI=1S/C8H17O11P/c9-1-3(10)5(12)7(14)8(15)6(13)4(11)2-19-20(16,17)18/h3-5,7-12,14-15H,1-2H2,(H2,16,17,18)/t3-,4?,5+,7+,8-/m0/s1. The summed E-state index contributed by atoms with van der Waals surface area (Å²) in [4.78, 5) is 28.1. The van der Waals surface area contributed by atoms with E-state index >= 15 is 0 Å². The third kappa shape index (κ3) is 6.33. The van der Waals surface area contributed by atoms with Gasteiger partial charge in [0.1, 0.15) is 30.5 Å². The van der Waals surface area contributed by atoms with Crippen molar-refractivity contribution in [2.45, 2.75) is 30.5 Å². The molecule has 0 aromatic heterocycles. The molecule has 11 nitrogen and oxygen atoms in total. The summed E-state index contributed by atoms with van der Waals surface area (Å²) in [6.45, 7) is -2.10. The van der Waals surface area contributed by atoms with Gasteiger partial charge in [-0.15, -0.1) is 0 Å². The Morgan fingerprint density at radius 1 is 1.05 bits per heavy atom. The van der Waals surface area contributed by atoms with Crippen LogP contribution in [0.1, 0.15) is 0 Å². The van der Waals surface area contributed by atoms with Crippen LogP contribution in [0.2, 0.25) is 0 Å². The number of Topliss-reactive ketones (excluding diaryl/α,β-unsaturated/α-hetero) is 1. The fourth-order valence-electron chi connectivity index (χ4n) is 1.14. The molecular formula is C8H17O11P. The van der Waals surface area contributed by atoms with Crippen molar-refractivity contribution in [1.29, 1.82) is 0 Å². The maximum atomic E-state index is 11.4. The Balaban J connectivity index is 4.56. The second-order valence-corrected chi connectivity index (χ2v) is 5.12. The lowest BCUT2D eigenvalue weighted by atomic mass is 9.98. The Morgan fingerprint density at radius 2 is 1.55 bits per heavy atom. The maximum absolute atomic E-state index is 11.4. The molecule has 0 spiro atoms. The highest BCUT2D eigenvalue weighted by Gasteiger charge is 2.37. The van der Waals surface area contributed by atoms with Crippen LogP contribution in [-0.2, 0) is 13.9 Å². The fourth-order valence-corrected chi connectivity index (χ4v) is 1.47. The number of aliphatic hydroxyl groups excluding tert-OH is 6. The minimum atomic E-state index is -4.93. The monoisotopic (exact) mass is 320 g/mol. The third-order valence-electron chi connectivity index (χ3n) is 2.28. The summed E-state index contributed by atoms with van der Waals surface area (Å²) in [6.07, 6.45) is -10.7. The zero-order valence-corrected chi connectivity index (χ0v) is 10.9. The lowest BCUT2D eigenvalue weighted by molar-refractivity contribution is -0.155. The van der Waals surface area contributed by atoms with Crippen LogP contribution in [0, 0.1) is 0 Å². The molecule has 0 aliphatic rings. The first-order chi connectivity index (χ1) is 9.01. The lowest BCUT2D eigenvalue weighted by Gasteiger charge is -2.25. The van der Waals surface area contributed by atoms with Crippen LogP contribution < -0.4 is 0 Å². The molecule has 0 heterocycles. The van der Waals surface area contributed by atoms with E-state index < -0.39 is 57.3 Å². The molecule has 0 aromatic rings. The van der Waals surface area contributed by atoms with E-state index in [0.717, 1.165) is 0 Å². The highest BCUT2D eigenvalue weighted by Crippen LogP contribution is 2.35. The van der Waals surface area contributed by atoms with Gasteiger partial charge in [-0.25, -0.2) is 4.57 Å². The van der Waals surface area contributed by atoms with E-state index in [1.807, 2.05) is 0 Å². The smallest absolute Gasteiger partial charge is 0.394 e. The molecule has 0 aliphatic carbocycles. The molecule has 12 heteroatoms. The largest absolute Gasteiger partial charge is 0.469 e. The average molecular weight is 320 g/mol. The van der Waals surface area contributed by atoms with E-state index in [2.05, 4.69) is 4.52 Å². The van der Waals surface area contributed by atoms with Crippen LogP contribution >= 0.6 is 7.82 Å². The van der Waals surface area contributed by atoms with Gasteiger partial charge in [-0.2, -0.15) is 0 Å². The zero-order chi connectivity index (χ0) is 16.1. The molecule has 8 N–H and O–H groups in total. The number of phosphoric acid groups is 1. The molecule has 0 saturated carbocycles. The molecule has 0 aliphatic heterocycles. The summed E-state index contributed by atoms with van der Waals surface area (Å²) < 4.78 is 14.2. The van der Waals surface area contributed by atoms with E-state index in [1.54, 1.807) is 0 Å². The van der Waals surface area contributed by atoms with Crippen LogP contribution in [-0.4, -0.2) is 89.9 Å². The molecule has 1 unspecified atom stereocenters. The molecule has 0 amide bonds. The molecule has 0 radical (unpaired) electrons. The molecule has 0 fully saturated rings. The number of hydrogen-bond donors (Lipinski definition) is 8. The number of phosphoric ester groups is 1. The average Bonchev–Trinajstić information content (AvgIpc) is 2.39. The minimum Gasteiger partial charge on any atom is -0.394 e. The van der Waals surface area contributed by atoms with Crippen molar-refractivity contribution in [3.63, 3.8) is 0 Å². The Labute approximate surface area is 112 Å². The van der Waals surface area contributed by atoms with Crippen LogP contribution in [0.15, 0.2) is 0 Å². The van der Waals surface area contributed by atoms with Crippen molar-refractivity contribution >= 4 is 13.6 Å². The molecule has 0 rings (SSSR count). The van der Waals surface area contributed by atoms with E-state index in [-0.39, 0.29) is 0 Å². The number of carbonyl (C=O) groups is 1. The Morgan fingerprint density at radius 3 is 1.95 bits per heavy atom. The molecule has 20 heavy (non-hydrogen) atoms. The van der Waals surface area contributed by atoms with Gasteiger partial charge in [-0.1, -0.05) is 0 Å². The minimum absolute atomic E-state index is 0.955. The number of hydrogen-bond acceptors (Lipinski definition) is 9. The first kappa shape index (κ1) is 19.5. The second kappa shape index (κ2) is 8.10. The van der Waals surface area contributed by atoms with Crippen molar-refractivity contribution in [2.75, 3.05) is 13.2 Å². The number of ketones is 1. The van der Waals surface area contributed by atoms with E-state index in [0.29, 0.717) is 0 Å². The van der Waals surface area contributed by atoms with Crippen molar-refractivity contribution < 1.29 is 54.3 Å². The first-order valence-corrected chi connectivity index (χ1v) is 6.79. The van der Waals surface area contributed by atoms with Crippen molar-refractivity contribution in [3.8, 4) is 0 Å². The Bertz CT molecular complexity index is 354. The summed E-state index contributed by atoms with van der Waals surface area (Å²) in [7, 11) is -4.93. The van der Waals surface area contributed by atoms with E-state index in [4.69, 9.17) is 20.0 Å². The van der Waals surface area contributed by atoms with Crippen molar-refractivity contribution in [2.24, 2.45) is 0 Å². The molecule has 120 valence electrons. The van der Waals surface area contributed by atoms with Gasteiger partial charge in [-0.3, -0.25) is 9.32 Å². The summed E-state index contributed by atoms with van der Waals surface area (Å²) in [5, 5.41) is 54.6. The maximum Gasteiger partial charge on any atom is 0.469 e. The third-order valence-corrected chi connectivity index (χ3v) is 2.76. The summed E-state index contributed by atoms with van der Waals surface area (Å²) >= 11 is 0. The van der Waals surface area contributed by atoms with Gasteiger partial charge >= 0.3 is 7.82 Å². The van der Waals surface area contributed by atoms with Gasteiger partial charge in [0.25, 0.3) is 0 Å². The van der Waals surface area contributed by atoms with Gasteiger partial charge in [0.15, 0.2) is 5.78 Å². The predicted octanol–water partition coefficient (Wildman–Crippen LogP) is -4.54. The second-order valence-electron chi connectivity index (χ2n) is 3.88. The van der Waals surface area contributed by atoms with Gasteiger partial charge in [-0.05, 0) is 0 Å². The summed E-state index contributed by atoms with van der Waals surface area (Å²) in [5.74, 6) is -1.49. The molecule has 0 aromatic carbocycles. The van der Waals surface area contributed by atoms with Crippen LogP contribution in [0.25, 0.3) is 0 Å². The Hall–Kier alpha value is -0.460. The van der Waals surface area contributed by atoms with Crippen molar-refractivity contribution in [1.82, 2.24) is 0 Å². The quantitative estimate of drug-likeness (QED) is 0.190. The zero-order valence-electron chi connectivity index (χ0n) is 10.1. The SMILES string of the molecule is O=C(C(O)COP(=O)(O)O)[C@H](O)[C@H](O)[C@H](O)[C@@H](O)CO. The predicted molar refractivity (Wildman–Crippen MR) is 60.1 cm³/mol. The van der Waals surface area contributed by atoms with Gasteiger partial charge < -0.3 is 40.4 Å². The van der Waals surface area contributed by atoms with Crippen LogP contribution in [0.5, 0.6) is 0 Å². The number of carbonyl (C=O) groups excluding carboxylic acids is 1. The normalized spacial score (nSPS) is 20.0. The van der Waals surface area contributed by atoms with Crippen LogP contribution in [0.4, 0.5) is 0 Å². The highest BCUT2D eigenvalue weighted by atomic mass is 31.2. The molecule has 0 bridgehead atoms. The molecular weight excluding hydrogens is 303 g/mol.